The summed E-state index contributed by atoms with van der Waals surface area (Å²) in [6.07, 6.45) is 0.388. The van der Waals surface area contributed by atoms with Crippen LogP contribution in [-0.4, -0.2) is 44.4 Å². The molecule has 3 rings (SSSR count). The van der Waals surface area contributed by atoms with Gasteiger partial charge in [0.25, 0.3) is 0 Å². The second-order valence-corrected chi connectivity index (χ2v) is 8.56. The van der Waals surface area contributed by atoms with Crippen molar-refractivity contribution < 1.29 is 27.5 Å². The Kier molecular flexibility index (Phi) is 7.09. The Morgan fingerprint density at radius 2 is 1.81 bits per heavy atom. The molecule has 2 N–H and O–H groups in total. The van der Waals surface area contributed by atoms with Gasteiger partial charge in [-0.05, 0) is 44.2 Å². The zero-order valence-electron chi connectivity index (χ0n) is 17.3. The number of sulfonamides is 1. The minimum atomic E-state index is -3.78. The molecule has 2 aromatic carbocycles. The maximum Gasteiger partial charge on any atom is 0.307 e. The number of hydrogen-bond acceptors (Lipinski definition) is 6. The van der Waals surface area contributed by atoms with Gasteiger partial charge >= 0.3 is 5.97 Å². The quantitative estimate of drug-likeness (QED) is 0.367. The molecule has 1 atom stereocenters. The van der Waals surface area contributed by atoms with Crippen molar-refractivity contribution in [1.82, 2.24) is 9.71 Å². The van der Waals surface area contributed by atoms with Crippen molar-refractivity contribution >= 4 is 32.7 Å². The molecule has 0 radical (unpaired) electrons. The van der Waals surface area contributed by atoms with E-state index in [2.05, 4.69) is 9.71 Å². The van der Waals surface area contributed by atoms with Crippen molar-refractivity contribution in [3.05, 3.63) is 60.3 Å². The lowest BCUT2D eigenvalue weighted by molar-refractivity contribution is -0.146. The third kappa shape index (κ3) is 5.50. The lowest BCUT2D eigenvalue weighted by Crippen LogP contribution is -2.29. The summed E-state index contributed by atoms with van der Waals surface area (Å²) in [7, 11) is -3.78. The average molecular weight is 445 g/mol. The number of benzene rings is 2. The first-order valence-corrected chi connectivity index (χ1v) is 11.3. The molecule has 31 heavy (non-hydrogen) atoms. The van der Waals surface area contributed by atoms with Crippen LogP contribution < -0.4 is 9.46 Å². The molecule has 9 heteroatoms. The maximum atomic E-state index is 12.6. The van der Waals surface area contributed by atoms with Crippen molar-refractivity contribution in [2.75, 3.05) is 13.2 Å². The first-order chi connectivity index (χ1) is 14.8. The van der Waals surface area contributed by atoms with Gasteiger partial charge in [0.05, 0.1) is 17.9 Å². The Bertz CT molecular complexity index is 1170. The summed E-state index contributed by atoms with van der Waals surface area (Å²) in [5.74, 6) is -0.435. The van der Waals surface area contributed by atoms with Crippen LogP contribution in [0.5, 0.6) is 5.75 Å². The van der Waals surface area contributed by atoms with Crippen LogP contribution in [0.1, 0.15) is 30.6 Å². The minimum Gasteiger partial charge on any atom is -0.494 e. The molecule has 0 aliphatic heterocycles. The number of nitrogens with one attached hydrogen (secondary N) is 2. The van der Waals surface area contributed by atoms with Gasteiger partial charge in [0.1, 0.15) is 5.75 Å². The van der Waals surface area contributed by atoms with Crippen molar-refractivity contribution in [3.8, 4) is 5.75 Å². The van der Waals surface area contributed by atoms with Gasteiger partial charge in [0.2, 0.25) is 15.8 Å². The van der Waals surface area contributed by atoms with Gasteiger partial charge in [0, 0.05) is 29.2 Å². The van der Waals surface area contributed by atoms with Crippen molar-refractivity contribution in [2.45, 2.75) is 31.3 Å². The van der Waals surface area contributed by atoms with E-state index in [0.717, 1.165) is 10.9 Å². The van der Waals surface area contributed by atoms with Crippen LogP contribution in [-0.2, 0) is 19.6 Å². The Balaban J connectivity index is 1.51. The Morgan fingerprint density at radius 3 is 2.52 bits per heavy atom. The maximum absolute atomic E-state index is 12.6. The normalized spacial score (nSPS) is 12.5. The van der Waals surface area contributed by atoms with E-state index in [4.69, 9.17) is 9.47 Å². The molecular formula is C22H24N2O6S. The van der Waals surface area contributed by atoms with Crippen LogP contribution in [0, 0.1) is 0 Å². The average Bonchev–Trinajstić information content (AvgIpc) is 3.18. The minimum absolute atomic E-state index is 0.0622. The molecule has 8 nitrogen and oxygen atoms in total. The van der Waals surface area contributed by atoms with Crippen LogP contribution in [0.3, 0.4) is 0 Å². The number of hydrogen-bond donors (Lipinski definition) is 2. The number of aromatic amines is 1. The molecule has 0 unspecified atom stereocenters. The molecule has 1 aromatic heterocycles. The number of ketones is 1. The Labute approximate surface area is 180 Å². The van der Waals surface area contributed by atoms with Gasteiger partial charge in [0.15, 0.2) is 6.10 Å². The lowest BCUT2D eigenvalue weighted by atomic mass is 10.1. The van der Waals surface area contributed by atoms with Crippen LogP contribution in [0.25, 0.3) is 10.9 Å². The zero-order chi connectivity index (χ0) is 22.4. The van der Waals surface area contributed by atoms with E-state index in [1.807, 2.05) is 31.2 Å². The highest BCUT2D eigenvalue weighted by Crippen LogP contribution is 2.20. The first-order valence-electron chi connectivity index (χ1n) is 9.84. The van der Waals surface area contributed by atoms with Crippen LogP contribution in [0.15, 0.2) is 59.6 Å². The summed E-state index contributed by atoms with van der Waals surface area (Å²) < 4.78 is 37.5. The smallest absolute Gasteiger partial charge is 0.307 e. The molecule has 0 aliphatic carbocycles. The topological polar surface area (TPSA) is 115 Å². The number of H-pyrrole nitrogens is 1. The van der Waals surface area contributed by atoms with Gasteiger partial charge in [-0.2, -0.15) is 0 Å². The fourth-order valence-electron chi connectivity index (χ4n) is 3.06. The number of aromatic nitrogens is 1. The number of para-hydroxylation sites is 1. The number of carbonyl (C=O) groups is 2. The molecule has 1 heterocycles. The molecule has 0 amide bonds. The molecule has 0 spiro atoms. The highest BCUT2D eigenvalue weighted by atomic mass is 32.2. The highest BCUT2D eigenvalue weighted by Gasteiger charge is 2.22. The molecule has 164 valence electrons. The van der Waals surface area contributed by atoms with Gasteiger partial charge in [-0.3, -0.25) is 9.59 Å². The van der Waals surface area contributed by atoms with Gasteiger partial charge < -0.3 is 14.5 Å². The number of fused-ring (bicyclic) bond motifs is 1. The molecule has 0 bridgehead atoms. The SMILES string of the molecule is CCOc1ccc(S(=O)(=O)NCCC(=O)O[C@@H](C)C(=O)c2c[nH]c3ccccc23)cc1. The van der Waals surface area contributed by atoms with E-state index in [9.17, 15) is 18.0 Å². The zero-order valence-corrected chi connectivity index (χ0v) is 18.1. The molecular weight excluding hydrogens is 420 g/mol. The van der Waals surface area contributed by atoms with E-state index >= 15 is 0 Å². The second-order valence-electron chi connectivity index (χ2n) is 6.80. The molecule has 0 fully saturated rings. The molecule has 0 aliphatic rings. The number of esters is 1. The summed E-state index contributed by atoms with van der Waals surface area (Å²) in [5.41, 5.74) is 1.25. The summed E-state index contributed by atoms with van der Waals surface area (Å²) in [5, 5.41) is 0.749. The monoisotopic (exact) mass is 444 g/mol. The lowest BCUT2D eigenvalue weighted by Gasteiger charge is -2.12. The molecule has 0 saturated carbocycles. The predicted molar refractivity (Wildman–Crippen MR) is 116 cm³/mol. The predicted octanol–water partition coefficient (Wildman–Crippen LogP) is 3.05. The van der Waals surface area contributed by atoms with Gasteiger partial charge in [-0.1, -0.05) is 18.2 Å². The number of Topliss-reactive ketones (excluding diaryl/α,β-unsaturated/α-hetero) is 1. The largest absolute Gasteiger partial charge is 0.494 e. The van der Waals surface area contributed by atoms with E-state index in [0.29, 0.717) is 17.9 Å². The van der Waals surface area contributed by atoms with Crippen molar-refractivity contribution in [2.24, 2.45) is 0 Å². The van der Waals surface area contributed by atoms with Crippen LogP contribution in [0.4, 0.5) is 0 Å². The Hall–Kier alpha value is -3.17. The fraction of sp³-hybridized carbons (Fsp3) is 0.273. The van der Waals surface area contributed by atoms with E-state index in [-0.39, 0.29) is 23.6 Å². The Morgan fingerprint density at radius 1 is 1.10 bits per heavy atom. The standard InChI is InChI=1S/C22H24N2O6S/c1-3-29-16-8-10-17(11-9-16)31(27,28)24-13-12-21(25)30-15(2)22(26)19-14-23-20-7-5-4-6-18(19)20/h4-11,14-15,23-24H,3,12-13H2,1-2H3/t15-/m0/s1. The van der Waals surface area contributed by atoms with Crippen LogP contribution >= 0.6 is 0 Å². The second kappa shape index (κ2) is 9.76. The third-order valence-corrected chi connectivity index (χ3v) is 6.08. The number of carbonyl (C=O) groups excluding carboxylic acids is 2. The summed E-state index contributed by atoms with van der Waals surface area (Å²) in [6, 6.07) is 13.3. The van der Waals surface area contributed by atoms with Crippen LogP contribution in [0.2, 0.25) is 0 Å². The molecule has 0 saturated heterocycles. The summed E-state index contributed by atoms with van der Waals surface area (Å²) in [4.78, 5) is 27.8. The van der Waals surface area contributed by atoms with E-state index in [1.54, 1.807) is 18.3 Å². The van der Waals surface area contributed by atoms with Crippen molar-refractivity contribution in [3.63, 3.8) is 0 Å². The van der Waals surface area contributed by atoms with Gasteiger partial charge in [-0.25, -0.2) is 13.1 Å². The fourth-order valence-corrected chi connectivity index (χ4v) is 4.09. The molecule has 3 aromatic rings. The number of rotatable bonds is 10. The van der Waals surface area contributed by atoms with E-state index < -0.39 is 22.1 Å². The first kappa shape index (κ1) is 22.5. The third-order valence-electron chi connectivity index (χ3n) is 4.60. The summed E-state index contributed by atoms with van der Waals surface area (Å²) in [6.45, 7) is 3.66. The van der Waals surface area contributed by atoms with E-state index in [1.165, 1.54) is 19.1 Å². The highest BCUT2D eigenvalue weighted by molar-refractivity contribution is 7.89. The summed E-state index contributed by atoms with van der Waals surface area (Å²) >= 11 is 0. The van der Waals surface area contributed by atoms with Gasteiger partial charge in [-0.15, -0.1) is 0 Å². The van der Waals surface area contributed by atoms with Crippen molar-refractivity contribution in [1.29, 1.82) is 0 Å². The number of ether oxygens (including phenoxy) is 2.